The van der Waals surface area contributed by atoms with Crippen LogP contribution in [0.5, 0.6) is 0 Å². The van der Waals surface area contributed by atoms with Crippen LogP contribution in [0.3, 0.4) is 0 Å². The quantitative estimate of drug-likeness (QED) is 0.296. The molecule has 4 atom stereocenters. The minimum atomic E-state index is -2.31. The number of ether oxygens (including phenoxy) is 3. The van der Waals surface area contributed by atoms with Gasteiger partial charge in [-0.2, -0.15) is 0 Å². The Kier molecular flexibility index (Phi) is 7.58. The lowest BCUT2D eigenvalue weighted by atomic mass is 9.82. The van der Waals surface area contributed by atoms with Gasteiger partial charge >= 0.3 is 17.9 Å². The Bertz CT molecular complexity index is 1230. The molecule has 0 unspecified atom stereocenters. The summed E-state index contributed by atoms with van der Waals surface area (Å²) >= 11 is 0. The van der Waals surface area contributed by atoms with Crippen molar-refractivity contribution >= 4 is 17.9 Å². The molecular formula is C28H24O8. The monoisotopic (exact) mass is 488 g/mol. The Balaban J connectivity index is 1.56. The normalized spacial score (nSPS) is 22.9. The second kappa shape index (κ2) is 11.0. The average Bonchev–Trinajstić information content (AvgIpc) is 2.93. The Morgan fingerprint density at radius 2 is 1.11 bits per heavy atom. The first-order valence-corrected chi connectivity index (χ1v) is 11.2. The van der Waals surface area contributed by atoms with Crippen LogP contribution in [0.4, 0.5) is 0 Å². The highest BCUT2D eigenvalue weighted by molar-refractivity contribution is 5.90. The van der Waals surface area contributed by atoms with Crippen LogP contribution in [0, 0.1) is 0 Å². The van der Waals surface area contributed by atoms with Crippen molar-refractivity contribution in [2.24, 2.45) is 0 Å². The lowest BCUT2D eigenvalue weighted by Crippen LogP contribution is -2.62. The molecule has 1 aliphatic rings. The summed E-state index contributed by atoms with van der Waals surface area (Å²) in [5.41, 5.74) is -1.62. The molecule has 36 heavy (non-hydrogen) atoms. The molecule has 0 aliphatic heterocycles. The molecule has 8 nitrogen and oxygen atoms in total. The van der Waals surface area contributed by atoms with Gasteiger partial charge in [0, 0.05) is 0 Å². The number of hydrogen-bond donors (Lipinski definition) is 2. The molecule has 0 bridgehead atoms. The van der Waals surface area contributed by atoms with Crippen molar-refractivity contribution in [1.29, 1.82) is 0 Å². The van der Waals surface area contributed by atoms with Crippen LogP contribution in [0.2, 0.25) is 0 Å². The van der Waals surface area contributed by atoms with E-state index < -0.39 is 48.4 Å². The van der Waals surface area contributed by atoms with Gasteiger partial charge in [-0.3, -0.25) is 0 Å². The lowest BCUT2D eigenvalue weighted by molar-refractivity contribution is -0.184. The van der Waals surface area contributed by atoms with Crippen LogP contribution in [0.15, 0.2) is 103 Å². The maximum Gasteiger partial charge on any atom is 0.338 e. The van der Waals surface area contributed by atoms with Gasteiger partial charge in [0.25, 0.3) is 0 Å². The van der Waals surface area contributed by atoms with E-state index >= 15 is 0 Å². The Labute approximate surface area is 207 Å². The summed E-state index contributed by atoms with van der Waals surface area (Å²) in [7, 11) is 0. The highest BCUT2D eigenvalue weighted by Gasteiger charge is 2.52. The van der Waals surface area contributed by atoms with Crippen molar-refractivity contribution in [1.82, 2.24) is 0 Å². The molecule has 0 amide bonds. The first kappa shape index (κ1) is 24.8. The molecule has 4 rings (SSSR count). The van der Waals surface area contributed by atoms with E-state index in [1.54, 1.807) is 66.7 Å². The second-order valence-electron chi connectivity index (χ2n) is 8.19. The summed E-state index contributed by atoms with van der Waals surface area (Å²) < 4.78 is 16.2. The highest BCUT2D eigenvalue weighted by atomic mass is 16.6. The first-order valence-electron chi connectivity index (χ1n) is 11.2. The van der Waals surface area contributed by atoms with Crippen LogP contribution in [0.25, 0.3) is 0 Å². The van der Waals surface area contributed by atoms with Gasteiger partial charge in [-0.05, 0) is 48.6 Å². The fraction of sp³-hybridized carbons (Fsp3) is 0.179. The lowest BCUT2D eigenvalue weighted by Gasteiger charge is -2.42. The van der Waals surface area contributed by atoms with E-state index in [0.717, 1.165) is 0 Å². The standard InChI is InChI=1S/C28H24O8/c29-24-22(35-26(31)20-12-6-2-7-13-20)16-17-23(36-27(32)21-14-8-3-9-15-21)28(24,33)18-34-25(30)19-10-4-1-5-11-19/h1-17,22-24,29,33H,18H2/t22-,23-,24-,28-/m1/s1. The molecule has 8 heteroatoms. The number of carbonyl (C=O) groups excluding carboxylic acids is 3. The fourth-order valence-corrected chi connectivity index (χ4v) is 3.71. The molecule has 0 spiro atoms. The molecule has 0 saturated carbocycles. The predicted octanol–water partition coefficient (Wildman–Crippen LogP) is 2.96. The minimum absolute atomic E-state index is 0.224. The smallest absolute Gasteiger partial charge is 0.338 e. The van der Waals surface area contributed by atoms with Gasteiger partial charge in [-0.1, -0.05) is 54.6 Å². The molecule has 3 aromatic carbocycles. The first-order chi connectivity index (χ1) is 17.4. The molecular weight excluding hydrogens is 464 g/mol. The van der Waals surface area contributed by atoms with Gasteiger partial charge < -0.3 is 24.4 Å². The molecule has 1 aliphatic carbocycles. The number of hydrogen-bond acceptors (Lipinski definition) is 8. The van der Waals surface area contributed by atoms with Gasteiger partial charge in [-0.15, -0.1) is 0 Å². The van der Waals surface area contributed by atoms with Crippen LogP contribution in [-0.4, -0.2) is 58.6 Å². The van der Waals surface area contributed by atoms with Gasteiger partial charge in [0.1, 0.15) is 18.8 Å². The number of esters is 3. The third kappa shape index (κ3) is 5.51. The number of carbonyl (C=O) groups is 3. The Morgan fingerprint density at radius 3 is 1.61 bits per heavy atom. The summed E-state index contributed by atoms with van der Waals surface area (Å²) in [5.74, 6) is -2.24. The summed E-state index contributed by atoms with van der Waals surface area (Å²) in [4.78, 5) is 37.7. The van der Waals surface area contributed by atoms with Crippen LogP contribution in [0.1, 0.15) is 31.1 Å². The van der Waals surface area contributed by atoms with Crippen LogP contribution < -0.4 is 0 Å². The summed E-state index contributed by atoms with van der Waals surface area (Å²) in [5, 5.41) is 22.6. The second-order valence-corrected chi connectivity index (χ2v) is 8.19. The van der Waals surface area contributed by atoms with Crippen molar-refractivity contribution in [3.05, 3.63) is 120 Å². The minimum Gasteiger partial charge on any atom is -0.459 e. The zero-order chi connectivity index (χ0) is 25.5. The molecule has 3 aromatic rings. The van der Waals surface area contributed by atoms with Crippen molar-refractivity contribution in [2.75, 3.05) is 6.61 Å². The van der Waals surface area contributed by atoms with Crippen molar-refractivity contribution < 1.29 is 38.8 Å². The van der Waals surface area contributed by atoms with E-state index in [1.807, 2.05) is 0 Å². The predicted molar refractivity (Wildman–Crippen MR) is 128 cm³/mol. The number of aliphatic hydroxyl groups is 2. The van der Waals surface area contributed by atoms with Gasteiger partial charge in [0.2, 0.25) is 0 Å². The fourth-order valence-electron chi connectivity index (χ4n) is 3.71. The van der Waals surface area contributed by atoms with Gasteiger partial charge in [0.05, 0.1) is 16.7 Å². The van der Waals surface area contributed by atoms with Crippen molar-refractivity contribution in [3.8, 4) is 0 Å². The largest absolute Gasteiger partial charge is 0.459 e. The summed E-state index contributed by atoms with van der Waals surface area (Å²) in [6.07, 6.45) is -1.87. The average molecular weight is 488 g/mol. The highest BCUT2D eigenvalue weighted by Crippen LogP contribution is 2.31. The van der Waals surface area contributed by atoms with Crippen molar-refractivity contribution in [2.45, 2.75) is 23.9 Å². The van der Waals surface area contributed by atoms with E-state index in [9.17, 15) is 24.6 Å². The number of benzene rings is 3. The van der Waals surface area contributed by atoms with E-state index in [1.165, 1.54) is 36.4 Å². The molecule has 0 radical (unpaired) electrons. The third-order valence-electron chi connectivity index (χ3n) is 5.73. The van der Waals surface area contributed by atoms with Gasteiger partial charge in [0.15, 0.2) is 11.7 Å². The molecule has 184 valence electrons. The molecule has 0 saturated heterocycles. The molecule has 2 N–H and O–H groups in total. The van der Waals surface area contributed by atoms with Crippen LogP contribution >= 0.6 is 0 Å². The topological polar surface area (TPSA) is 119 Å². The van der Waals surface area contributed by atoms with E-state index in [4.69, 9.17) is 14.2 Å². The zero-order valence-electron chi connectivity index (χ0n) is 19.1. The maximum atomic E-state index is 12.7. The van der Waals surface area contributed by atoms with E-state index in [2.05, 4.69) is 0 Å². The summed E-state index contributed by atoms with van der Waals surface area (Å²) in [6.45, 7) is -0.738. The third-order valence-corrected chi connectivity index (χ3v) is 5.73. The Morgan fingerprint density at radius 1 is 0.667 bits per heavy atom. The molecule has 0 fully saturated rings. The molecule has 0 aromatic heterocycles. The number of rotatable bonds is 7. The van der Waals surface area contributed by atoms with Gasteiger partial charge in [-0.25, -0.2) is 14.4 Å². The van der Waals surface area contributed by atoms with E-state index in [0.29, 0.717) is 0 Å². The zero-order valence-corrected chi connectivity index (χ0v) is 19.1. The van der Waals surface area contributed by atoms with E-state index in [-0.39, 0.29) is 16.7 Å². The molecule has 0 heterocycles. The summed E-state index contributed by atoms with van der Waals surface area (Å²) in [6, 6.07) is 24.3. The van der Waals surface area contributed by atoms with Crippen LogP contribution in [-0.2, 0) is 14.2 Å². The number of aliphatic hydroxyl groups excluding tert-OH is 1. The Hall–Kier alpha value is -4.27. The SMILES string of the molecule is O=C(OC[C@]1(O)[C@H](O)[C@H](OC(=O)c2ccccc2)C=C[C@H]1OC(=O)c1ccccc1)c1ccccc1. The maximum absolute atomic E-state index is 12.7. The van der Waals surface area contributed by atoms with Crippen molar-refractivity contribution in [3.63, 3.8) is 0 Å².